The minimum Gasteiger partial charge on any atom is -0.379 e. The van der Waals surface area contributed by atoms with Crippen LogP contribution in [0.4, 0.5) is 5.82 Å². The molecule has 2 heterocycles. The topological polar surface area (TPSA) is 59.5 Å². The zero-order valence-electron chi connectivity index (χ0n) is 12.6. The van der Waals surface area contributed by atoms with E-state index in [1.165, 1.54) is 0 Å². The van der Waals surface area contributed by atoms with Gasteiger partial charge in [0.05, 0.1) is 13.2 Å². The summed E-state index contributed by atoms with van der Waals surface area (Å²) in [5.41, 5.74) is 0. The fourth-order valence-electron chi connectivity index (χ4n) is 2.27. The summed E-state index contributed by atoms with van der Waals surface area (Å²) in [7, 11) is 0. The Balaban J connectivity index is 1.89. The normalized spacial score (nSPS) is 17.7. The first kappa shape index (κ1) is 16.4. The third kappa shape index (κ3) is 5.74. The van der Waals surface area contributed by atoms with Crippen molar-refractivity contribution in [3.63, 3.8) is 0 Å². The second-order valence-corrected chi connectivity index (χ2v) is 5.47. The lowest BCUT2D eigenvalue weighted by atomic mass is 10.3. The summed E-state index contributed by atoms with van der Waals surface area (Å²) < 4.78 is 10.7. The lowest BCUT2D eigenvalue weighted by Gasteiger charge is -2.29. The summed E-state index contributed by atoms with van der Waals surface area (Å²) in [6.45, 7) is 9.61. The smallest absolute Gasteiger partial charge is 0.158 e. The van der Waals surface area contributed by atoms with Gasteiger partial charge in [-0.25, -0.2) is 9.97 Å². The highest BCUT2D eigenvalue weighted by Gasteiger charge is 2.14. The van der Waals surface area contributed by atoms with E-state index in [9.17, 15) is 0 Å². The molecule has 6 nitrogen and oxygen atoms in total. The second-order valence-electron chi connectivity index (χ2n) is 5.09. The van der Waals surface area contributed by atoms with E-state index in [2.05, 4.69) is 27.1 Å². The van der Waals surface area contributed by atoms with Crippen molar-refractivity contribution in [2.75, 3.05) is 44.8 Å². The van der Waals surface area contributed by atoms with Crippen LogP contribution in [0.25, 0.3) is 0 Å². The van der Waals surface area contributed by atoms with Crippen LogP contribution in [0, 0.1) is 0 Å². The molecule has 7 heteroatoms. The van der Waals surface area contributed by atoms with Gasteiger partial charge in [0.15, 0.2) is 5.82 Å². The summed E-state index contributed by atoms with van der Waals surface area (Å²) in [5, 5.41) is 3.80. The van der Waals surface area contributed by atoms with Crippen molar-refractivity contribution in [2.24, 2.45) is 0 Å². The maximum atomic E-state index is 6.03. The number of halogens is 1. The van der Waals surface area contributed by atoms with Gasteiger partial charge in [-0.3, -0.25) is 4.90 Å². The van der Waals surface area contributed by atoms with Crippen molar-refractivity contribution >= 4 is 17.4 Å². The lowest BCUT2D eigenvalue weighted by Crippen LogP contribution is -2.42. The van der Waals surface area contributed by atoms with Crippen LogP contribution in [0.3, 0.4) is 0 Å². The van der Waals surface area contributed by atoms with Crippen LogP contribution in [0.2, 0.25) is 5.15 Å². The van der Waals surface area contributed by atoms with Crippen molar-refractivity contribution in [3.8, 4) is 0 Å². The second kappa shape index (κ2) is 8.48. The van der Waals surface area contributed by atoms with Gasteiger partial charge < -0.3 is 14.8 Å². The van der Waals surface area contributed by atoms with Crippen molar-refractivity contribution in [1.82, 2.24) is 14.9 Å². The van der Waals surface area contributed by atoms with Gasteiger partial charge in [-0.15, -0.1) is 0 Å². The first-order chi connectivity index (χ1) is 10.2. The zero-order chi connectivity index (χ0) is 15.1. The number of ether oxygens (including phenoxy) is 2. The highest BCUT2D eigenvalue weighted by Crippen LogP contribution is 2.13. The van der Waals surface area contributed by atoms with Gasteiger partial charge in [-0.2, -0.15) is 0 Å². The quantitative estimate of drug-likeness (QED) is 0.774. The molecular weight excluding hydrogens is 292 g/mol. The Morgan fingerprint density at radius 3 is 2.90 bits per heavy atom. The molecule has 21 heavy (non-hydrogen) atoms. The minimum atomic E-state index is 0.272. The molecule has 1 N–H and O–H groups in total. The van der Waals surface area contributed by atoms with Crippen molar-refractivity contribution in [2.45, 2.75) is 26.5 Å². The molecule has 0 aliphatic carbocycles. The monoisotopic (exact) mass is 314 g/mol. The molecule has 2 rings (SSSR count). The molecule has 118 valence electrons. The average Bonchev–Trinajstić information content (AvgIpc) is 2.45. The molecule has 1 aromatic rings. The number of morpholine rings is 1. The molecule has 1 fully saturated rings. The van der Waals surface area contributed by atoms with Crippen LogP contribution >= 0.6 is 11.6 Å². The van der Waals surface area contributed by atoms with Crippen LogP contribution in [0.5, 0.6) is 0 Å². The number of hydrogen-bond acceptors (Lipinski definition) is 6. The summed E-state index contributed by atoms with van der Waals surface area (Å²) in [4.78, 5) is 11.0. The number of rotatable bonds is 7. The lowest BCUT2D eigenvalue weighted by molar-refractivity contribution is 0.0368. The molecule has 0 radical (unpaired) electrons. The maximum absolute atomic E-state index is 6.03. The summed E-state index contributed by atoms with van der Waals surface area (Å²) >= 11 is 6.03. The minimum absolute atomic E-state index is 0.272. The van der Waals surface area contributed by atoms with E-state index in [4.69, 9.17) is 21.1 Å². The van der Waals surface area contributed by atoms with Crippen molar-refractivity contribution < 1.29 is 9.47 Å². The zero-order valence-corrected chi connectivity index (χ0v) is 13.4. The van der Waals surface area contributed by atoms with Gasteiger partial charge in [0.1, 0.15) is 17.6 Å². The van der Waals surface area contributed by atoms with Crippen molar-refractivity contribution in [1.29, 1.82) is 0 Å². The van der Waals surface area contributed by atoms with Crippen LogP contribution in [-0.2, 0) is 16.1 Å². The Bertz CT molecular complexity index is 441. The van der Waals surface area contributed by atoms with E-state index >= 15 is 0 Å². The molecule has 0 bridgehead atoms. The standard InChI is InChI=1S/C14H23ClN4O2/c1-3-20-10-14-17-12(15)8-13(18-14)16-11(2)9-19-4-6-21-7-5-19/h8,11H,3-7,9-10H2,1-2H3,(H,16,17,18). The van der Waals surface area contributed by atoms with Crippen LogP contribution in [0.1, 0.15) is 19.7 Å². The summed E-state index contributed by atoms with van der Waals surface area (Å²) in [5.74, 6) is 1.34. The summed E-state index contributed by atoms with van der Waals surface area (Å²) in [6, 6.07) is 2.02. The molecule has 1 unspecified atom stereocenters. The number of nitrogens with zero attached hydrogens (tertiary/aromatic N) is 3. The fourth-order valence-corrected chi connectivity index (χ4v) is 2.47. The number of aromatic nitrogens is 2. The van der Waals surface area contributed by atoms with Gasteiger partial charge >= 0.3 is 0 Å². The Morgan fingerprint density at radius 2 is 2.19 bits per heavy atom. The van der Waals surface area contributed by atoms with E-state index in [0.29, 0.717) is 24.2 Å². The van der Waals surface area contributed by atoms with Gasteiger partial charge in [0, 0.05) is 38.3 Å². The van der Waals surface area contributed by atoms with Crippen LogP contribution in [-0.4, -0.2) is 60.4 Å². The molecule has 1 aliphatic heterocycles. The third-order valence-electron chi connectivity index (χ3n) is 3.21. The first-order valence-electron chi connectivity index (χ1n) is 7.35. The number of nitrogens with one attached hydrogen (secondary N) is 1. The highest BCUT2D eigenvalue weighted by molar-refractivity contribution is 6.29. The Kier molecular flexibility index (Phi) is 6.63. The SMILES string of the molecule is CCOCc1nc(Cl)cc(NC(C)CN2CCOCC2)n1. The van der Waals surface area contributed by atoms with E-state index in [0.717, 1.165) is 38.7 Å². The van der Waals surface area contributed by atoms with Gasteiger partial charge in [0.25, 0.3) is 0 Å². The molecule has 1 aliphatic rings. The summed E-state index contributed by atoms with van der Waals surface area (Å²) in [6.07, 6.45) is 0. The Morgan fingerprint density at radius 1 is 1.43 bits per heavy atom. The fraction of sp³-hybridized carbons (Fsp3) is 0.714. The molecule has 1 atom stereocenters. The highest BCUT2D eigenvalue weighted by atomic mass is 35.5. The molecule has 0 spiro atoms. The van der Waals surface area contributed by atoms with E-state index in [-0.39, 0.29) is 6.04 Å². The van der Waals surface area contributed by atoms with E-state index < -0.39 is 0 Å². The molecule has 1 aromatic heterocycles. The largest absolute Gasteiger partial charge is 0.379 e. The molecule has 1 saturated heterocycles. The molecule has 0 amide bonds. The van der Waals surface area contributed by atoms with Crippen molar-refractivity contribution in [3.05, 3.63) is 17.0 Å². The Labute approximate surface area is 130 Å². The van der Waals surface area contributed by atoms with Gasteiger partial charge in [-0.1, -0.05) is 11.6 Å². The third-order valence-corrected chi connectivity index (χ3v) is 3.40. The molecule has 0 aromatic carbocycles. The van der Waals surface area contributed by atoms with Crippen LogP contribution < -0.4 is 5.32 Å². The number of anilines is 1. The molecule has 0 saturated carbocycles. The predicted octanol–water partition coefficient (Wildman–Crippen LogP) is 1.80. The van der Waals surface area contributed by atoms with E-state index in [1.54, 1.807) is 6.07 Å². The Hall–Kier alpha value is -0.950. The van der Waals surface area contributed by atoms with Crippen LogP contribution in [0.15, 0.2) is 6.07 Å². The van der Waals surface area contributed by atoms with Gasteiger partial charge in [-0.05, 0) is 13.8 Å². The molecular formula is C14H23ClN4O2. The van der Waals surface area contributed by atoms with E-state index in [1.807, 2.05) is 6.92 Å². The predicted molar refractivity (Wildman–Crippen MR) is 82.7 cm³/mol. The first-order valence-corrected chi connectivity index (χ1v) is 7.73. The maximum Gasteiger partial charge on any atom is 0.158 e. The average molecular weight is 315 g/mol. The number of hydrogen-bond donors (Lipinski definition) is 1. The van der Waals surface area contributed by atoms with Gasteiger partial charge in [0.2, 0.25) is 0 Å².